The smallest absolute Gasteiger partial charge is 0.196 e. The van der Waals surface area contributed by atoms with Gasteiger partial charge in [0.1, 0.15) is 5.75 Å². The fourth-order valence-electron chi connectivity index (χ4n) is 3.73. The van der Waals surface area contributed by atoms with E-state index in [9.17, 15) is 4.79 Å². The standard InChI is InChI=1S/C22H18O3/c1-24-19-13-11-15-7-3-5-9-17(15)21(19)22(25-2)18-10-6-4-8-16(18)12-14-20(22)23/h3-14H,1-2H3. The quantitative estimate of drug-likeness (QED) is 0.717. The van der Waals surface area contributed by atoms with Crippen LogP contribution >= 0.6 is 0 Å². The first-order valence-electron chi connectivity index (χ1n) is 8.15. The van der Waals surface area contributed by atoms with E-state index in [1.54, 1.807) is 20.3 Å². The van der Waals surface area contributed by atoms with E-state index in [0.29, 0.717) is 5.75 Å². The Bertz CT molecular complexity index is 1000. The number of hydrogen-bond acceptors (Lipinski definition) is 3. The third-order valence-corrected chi connectivity index (χ3v) is 4.87. The van der Waals surface area contributed by atoms with Crippen molar-refractivity contribution in [2.24, 2.45) is 0 Å². The van der Waals surface area contributed by atoms with E-state index in [4.69, 9.17) is 9.47 Å². The largest absolute Gasteiger partial charge is 0.496 e. The average Bonchev–Trinajstić information content (AvgIpc) is 2.68. The Kier molecular flexibility index (Phi) is 3.66. The molecule has 3 aromatic rings. The van der Waals surface area contributed by atoms with Crippen LogP contribution in [0.5, 0.6) is 5.75 Å². The molecule has 1 unspecified atom stereocenters. The first-order chi connectivity index (χ1) is 12.2. The van der Waals surface area contributed by atoms with Crippen molar-refractivity contribution in [3.8, 4) is 5.75 Å². The van der Waals surface area contributed by atoms with Gasteiger partial charge in [-0.15, -0.1) is 0 Å². The maximum atomic E-state index is 13.2. The van der Waals surface area contributed by atoms with Gasteiger partial charge in [0.15, 0.2) is 11.4 Å². The summed E-state index contributed by atoms with van der Waals surface area (Å²) in [5, 5.41) is 1.98. The van der Waals surface area contributed by atoms with Gasteiger partial charge in [-0.3, -0.25) is 4.79 Å². The van der Waals surface area contributed by atoms with Crippen LogP contribution in [-0.4, -0.2) is 20.0 Å². The van der Waals surface area contributed by atoms with Crippen LogP contribution < -0.4 is 4.74 Å². The Morgan fingerprint density at radius 3 is 2.40 bits per heavy atom. The van der Waals surface area contributed by atoms with Crippen LogP contribution in [0.4, 0.5) is 0 Å². The molecule has 4 rings (SSSR count). The Hall–Kier alpha value is -2.91. The predicted molar refractivity (Wildman–Crippen MR) is 98.8 cm³/mol. The van der Waals surface area contributed by atoms with Crippen LogP contribution in [0.15, 0.2) is 66.7 Å². The van der Waals surface area contributed by atoms with Crippen LogP contribution in [0, 0.1) is 0 Å². The first-order valence-corrected chi connectivity index (χ1v) is 8.15. The summed E-state index contributed by atoms with van der Waals surface area (Å²) in [5.74, 6) is 0.530. The van der Waals surface area contributed by atoms with Crippen molar-refractivity contribution in [1.82, 2.24) is 0 Å². The maximum Gasteiger partial charge on any atom is 0.196 e. The predicted octanol–water partition coefficient (Wildman–Crippen LogP) is 4.33. The third-order valence-electron chi connectivity index (χ3n) is 4.87. The molecule has 0 spiro atoms. The Morgan fingerprint density at radius 2 is 1.60 bits per heavy atom. The topological polar surface area (TPSA) is 35.5 Å². The van der Waals surface area contributed by atoms with Crippen molar-refractivity contribution < 1.29 is 14.3 Å². The summed E-state index contributed by atoms with van der Waals surface area (Å²) in [6.07, 6.45) is 3.43. The minimum atomic E-state index is -1.22. The molecule has 0 saturated heterocycles. The lowest BCUT2D eigenvalue weighted by Gasteiger charge is -2.36. The number of carbonyl (C=O) groups excluding carboxylic acids is 1. The van der Waals surface area contributed by atoms with E-state index in [0.717, 1.165) is 27.5 Å². The minimum absolute atomic E-state index is 0.108. The van der Waals surface area contributed by atoms with Gasteiger partial charge in [0.25, 0.3) is 0 Å². The van der Waals surface area contributed by atoms with E-state index >= 15 is 0 Å². The molecule has 0 saturated carbocycles. The van der Waals surface area contributed by atoms with E-state index in [1.165, 1.54) is 0 Å². The normalized spacial score (nSPS) is 19.0. The fraction of sp³-hybridized carbons (Fsp3) is 0.136. The monoisotopic (exact) mass is 330 g/mol. The zero-order chi connectivity index (χ0) is 17.4. The molecule has 0 bridgehead atoms. The lowest BCUT2D eigenvalue weighted by atomic mass is 9.75. The molecule has 124 valence electrons. The summed E-state index contributed by atoms with van der Waals surface area (Å²) in [6.45, 7) is 0. The van der Waals surface area contributed by atoms with Gasteiger partial charge in [0.05, 0.1) is 7.11 Å². The molecule has 3 heteroatoms. The van der Waals surface area contributed by atoms with E-state index in [1.807, 2.05) is 66.7 Å². The van der Waals surface area contributed by atoms with Crippen molar-refractivity contribution in [2.45, 2.75) is 5.60 Å². The summed E-state index contributed by atoms with van der Waals surface area (Å²) >= 11 is 0. The molecule has 0 heterocycles. The third kappa shape index (κ3) is 2.13. The average molecular weight is 330 g/mol. The summed E-state index contributed by atoms with van der Waals surface area (Å²) in [4.78, 5) is 13.2. The fourth-order valence-corrected chi connectivity index (χ4v) is 3.73. The molecular weight excluding hydrogens is 312 g/mol. The molecule has 0 fully saturated rings. The molecule has 0 radical (unpaired) electrons. The van der Waals surface area contributed by atoms with E-state index in [-0.39, 0.29) is 5.78 Å². The van der Waals surface area contributed by atoms with Gasteiger partial charge >= 0.3 is 0 Å². The Morgan fingerprint density at radius 1 is 0.840 bits per heavy atom. The molecule has 0 N–H and O–H groups in total. The van der Waals surface area contributed by atoms with Crippen molar-refractivity contribution in [3.63, 3.8) is 0 Å². The summed E-state index contributed by atoms with van der Waals surface area (Å²) < 4.78 is 11.6. The molecule has 1 aliphatic carbocycles. The minimum Gasteiger partial charge on any atom is -0.496 e. The van der Waals surface area contributed by atoms with Crippen molar-refractivity contribution in [3.05, 3.63) is 83.4 Å². The zero-order valence-electron chi connectivity index (χ0n) is 14.2. The Balaban J connectivity index is 2.16. The number of rotatable bonds is 3. The van der Waals surface area contributed by atoms with Gasteiger partial charge in [-0.1, -0.05) is 60.7 Å². The lowest BCUT2D eigenvalue weighted by molar-refractivity contribution is -0.132. The van der Waals surface area contributed by atoms with Gasteiger partial charge in [0, 0.05) is 18.2 Å². The van der Waals surface area contributed by atoms with Crippen LogP contribution in [0.25, 0.3) is 16.8 Å². The number of benzene rings is 3. The molecule has 3 nitrogen and oxygen atoms in total. The molecule has 25 heavy (non-hydrogen) atoms. The summed E-state index contributed by atoms with van der Waals surface area (Å²) in [7, 11) is 3.20. The van der Waals surface area contributed by atoms with Crippen molar-refractivity contribution >= 4 is 22.6 Å². The highest BCUT2D eigenvalue weighted by Crippen LogP contribution is 2.46. The van der Waals surface area contributed by atoms with Gasteiger partial charge in [0.2, 0.25) is 0 Å². The number of carbonyl (C=O) groups is 1. The first kappa shape index (κ1) is 15.6. The molecule has 1 aliphatic rings. The van der Waals surface area contributed by atoms with E-state index < -0.39 is 5.60 Å². The zero-order valence-corrected chi connectivity index (χ0v) is 14.2. The van der Waals surface area contributed by atoms with Crippen LogP contribution in [0.3, 0.4) is 0 Å². The van der Waals surface area contributed by atoms with Gasteiger partial charge in [-0.05, 0) is 28.5 Å². The second-order valence-electron chi connectivity index (χ2n) is 6.03. The highest BCUT2D eigenvalue weighted by atomic mass is 16.5. The number of methoxy groups -OCH3 is 2. The molecule has 0 amide bonds. The Labute approximate surface area is 146 Å². The van der Waals surface area contributed by atoms with Crippen LogP contribution in [0.1, 0.15) is 16.7 Å². The molecule has 1 atom stereocenters. The molecule has 3 aromatic carbocycles. The SMILES string of the molecule is COc1ccc2ccccc2c1C1(OC)C(=O)C=Cc2ccccc21. The van der Waals surface area contributed by atoms with Gasteiger partial charge < -0.3 is 9.47 Å². The van der Waals surface area contributed by atoms with Crippen molar-refractivity contribution in [2.75, 3.05) is 14.2 Å². The van der Waals surface area contributed by atoms with E-state index in [2.05, 4.69) is 0 Å². The highest BCUT2D eigenvalue weighted by molar-refractivity contribution is 6.09. The second kappa shape index (κ2) is 5.87. The lowest BCUT2D eigenvalue weighted by Crippen LogP contribution is -2.40. The number of ether oxygens (including phenoxy) is 2. The molecule has 0 aliphatic heterocycles. The molecule has 0 aromatic heterocycles. The number of ketones is 1. The van der Waals surface area contributed by atoms with Gasteiger partial charge in [-0.25, -0.2) is 0 Å². The molecular formula is C22H18O3. The summed E-state index contributed by atoms with van der Waals surface area (Å²) in [5.41, 5.74) is 1.33. The highest BCUT2D eigenvalue weighted by Gasteiger charge is 2.46. The number of hydrogen-bond donors (Lipinski definition) is 0. The number of fused-ring (bicyclic) bond motifs is 2. The van der Waals surface area contributed by atoms with Crippen LogP contribution in [0.2, 0.25) is 0 Å². The maximum absolute atomic E-state index is 13.2. The second-order valence-corrected chi connectivity index (χ2v) is 6.03. The van der Waals surface area contributed by atoms with Crippen LogP contribution in [-0.2, 0) is 15.1 Å². The van der Waals surface area contributed by atoms with Crippen molar-refractivity contribution in [1.29, 1.82) is 0 Å². The van der Waals surface area contributed by atoms with Gasteiger partial charge in [-0.2, -0.15) is 0 Å². The summed E-state index contributed by atoms with van der Waals surface area (Å²) in [6, 6.07) is 19.7.